The van der Waals surface area contributed by atoms with Crippen LogP contribution in [0.5, 0.6) is 0 Å². The van der Waals surface area contributed by atoms with Crippen molar-refractivity contribution in [2.75, 3.05) is 28.7 Å². The molecule has 1 heterocycles. The molecule has 1 fully saturated rings. The Morgan fingerprint density at radius 1 is 1.52 bits per heavy atom. The molecule has 1 aromatic carbocycles. The molecule has 1 aliphatic heterocycles. The zero-order valence-corrected chi connectivity index (χ0v) is 13.9. The quantitative estimate of drug-likeness (QED) is 0.915. The van der Waals surface area contributed by atoms with E-state index in [0.29, 0.717) is 23.5 Å². The van der Waals surface area contributed by atoms with E-state index in [1.807, 2.05) is 0 Å². The number of anilines is 1. The lowest BCUT2D eigenvalue weighted by atomic mass is 10.1. The molecule has 1 aromatic rings. The maximum atomic E-state index is 14.4. The Bertz CT molecular complexity index is 605. The van der Waals surface area contributed by atoms with Crippen LogP contribution >= 0.6 is 11.8 Å². The fraction of sp³-hybridized carbons (Fsp3) is 0.571. The number of rotatable bonds is 4. The minimum atomic E-state index is -3.25. The average molecular weight is 332 g/mol. The van der Waals surface area contributed by atoms with E-state index in [0.717, 1.165) is 5.75 Å². The number of sulfone groups is 1. The van der Waals surface area contributed by atoms with Gasteiger partial charge in [-0.3, -0.25) is 0 Å². The minimum Gasteiger partial charge on any atom is -0.351 e. The van der Waals surface area contributed by atoms with Crippen molar-refractivity contribution in [3.05, 3.63) is 29.6 Å². The largest absolute Gasteiger partial charge is 0.351 e. The Balaban J connectivity index is 2.38. The highest BCUT2D eigenvalue weighted by Crippen LogP contribution is 2.30. The van der Waals surface area contributed by atoms with Crippen LogP contribution in [0.25, 0.3) is 0 Å². The molecule has 0 aromatic heterocycles. The summed E-state index contributed by atoms with van der Waals surface area (Å²) in [5, 5.41) is -0.656. The summed E-state index contributed by atoms with van der Waals surface area (Å²) in [6.07, 6.45) is 0. The number of halogens is 1. The van der Waals surface area contributed by atoms with E-state index in [2.05, 4.69) is 0 Å². The second kappa shape index (κ2) is 6.54. The highest BCUT2D eigenvalue weighted by Gasteiger charge is 2.34. The molecule has 1 unspecified atom stereocenters. The third kappa shape index (κ3) is 3.52. The molecular weight excluding hydrogens is 311 g/mol. The fourth-order valence-electron chi connectivity index (χ4n) is 2.39. The van der Waals surface area contributed by atoms with Gasteiger partial charge in [-0.05, 0) is 24.6 Å². The van der Waals surface area contributed by atoms with Gasteiger partial charge in [0.25, 0.3) is 0 Å². The van der Waals surface area contributed by atoms with Crippen LogP contribution in [0.3, 0.4) is 0 Å². The number of nitrogens with two attached hydrogens (primary N) is 1. The number of benzene rings is 1. The molecule has 0 spiro atoms. The van der Waals surface area contributed by atoms with Crippen LogP contribution in [0.4, 0.5) is 10.1 Å². The van der Waals surface area contributed by atoms with Crippen molar-refractivity contribution in [3.8, 4) is 0 Å². The van der Waals surface area contributed by atoms with Gasteiger partial charge in [-0.15, -0.1) is 0 Å². The lowest BCUT2D eigenvalue weighted by Gasteiger charge is -2.36. The average Bonchev–Trinajstić information content (AvgIpc) is 2.47. The van der Waals surface area contributed by atoms with Gasteiger partial charge in [0.1, 0.15) is 11.2 Å². The third-order valence-electron chi connectivity index (χ3n) is 3.71. The Kier molecular flexibility index (Phi) is 5.16. The van der Waals surface area contributed by atoms with Crippen molar-refractivity contribution in [1.82, 2.24) is 0 Å². The zero-order valence-electron chi connectivity index (χ0n) is 12.3. The smallest absolute Gasteiger partial charge is 0.171 e. The van der Waals surface area contributed by atoms with Crippen molar-refractivity contribution >= 4 is 27.3 Å². The Morgan fingerprint density at radius 3 is 2.81 bits per heavy atom. The van der Waals surface area contributed by atoms with Crippen molar-refractivity contribution in [1.29, 1.82) is 0 Å². The maximum absolute atomic E-state index is 14.4. The number of hydrogen-bond donors (Lipinski definition) is 1. The molecule has 7 heteroatoms. The molecule has 0 aliphatic carbocycles. The topological polar surface area (TPSA) is 63.4 Å². The summed E-state index contributed by atoms with van der Waals surface area (Å²) in [5.41, 5.74) is 6.80. The molecular formula is C14H21FN2O2S2. The molecule has 2 atom stereocenters. The summed E-state index contributed by atoms with van der Waals surface area (Å²) in [4.78, 5) is 1.68. The number of nitrogens with zero attached hydrogens (tertiary/aromatic N) is 1. The number of thioether (sulfide) groups is 1. The first kappa shape index (κ1) is 16.6. The summed E-state index contributed by atoms with van der Waals surface area (Å²) >= 11 is 1.59. The highest BCUT2D eigenvalue weighted by atomic mass is 32.2. The molecule has 0 amide bonds. The lowest BCUT2D eigenvalue weighted by Crippen LogP contribution is -2.48. The van der Waals surface area contributed by atoms with Crippen LogP contribution < -0.4 is 10.6 Å². The van der Waals surface area contributed by atoms with Gasteiger partial charge in [-0.25, -0.2) is 12.8 Å². The molecule has 1 aliphatic rings. The molecule has 2 rings (SSSR count). The SMILES string of the molecule is CCS(=O)(=O)C1CSCCN1c1ccc([C@@H](C)N)cc1F. The maximum Gasteiger partial charge on any atom is 0.171 e. The summed E-state index contributed by atoms with van der Waals surface area (Å²) < 4.78 is 38.8. The van der Waals surface area contributed by atoms with Gasteiger partial charge in [0, 0.05) is 29.8 Å². The first-order valence-corrected chi connectivity index (χ1v) is 9.84. The molecule has 0 radical (unpaired) electrons. The van der Waals surface area contributed by atoms with Gasteiger partial charge < -0.3 is 10.6 Å². The minimum absolute atomic E-state index is 0.0638. The van der Waals surface area contributed by atoms with E-state index < -0.39 is 21.0 Å². The van der Waals surface area contributed by atoms with Gasteiger partial charge >= 0.3 is 0 Å². The van der Waals surface area contributed by atoms with Crippen LogP contribution in [0.15, 0.2) is 18.2 Å². The van der Waals surface area contributed by atoms with Crippen LogP contribution in [-0.4, -0.2) is 37.6 Å². The monoisotopic (exact) mass is 332 g/mol. The zero-order chi connectivity index (χ0) is 15.6. The molecule has 118 valence electrons. The van der Waals surface area contributed by atoms with Gasteiger partial charge in [0.05, 0.1) is 5.69 Å². The van der Waals surface area contributed by atoms with Crippen molar-refractivity contribution in [3.63, 3.8) is 0 Å². The predicted octanol–water partition coefficient (Wildman–Crippen LogP) is 2.16. The molecule has 1 saturated heterocycles. The molecule has 2 N–H and O–H groups in total. The normalized spacial score (nSPS) is 21.3. The van der Waals surface area contributed by atoms with E-state index >= 15 is 0 Å². The first-order chi connectivity index (χ1) is 9.86. The van der Waals surface area contributed by atoms with E-state index in [-0.39, 0.29) is 11.8 Å². The molecule has 0 bridgehead atoms. The van der Waals surface area contributed by atoms with Crippen molar-refractivity contribution < 1.29 is 12.8 Å². The first-order valence-electron chi connectivity index (χ1n) is 6.97. The van der Waals surface area contributed by atoms with Crippen LogP contribution in [0.1, 0.15) is 25.5 Å². The second-order valence-electron chi connectivity index (χ2n) is 5.17. The van der Waals surface area contributed by atoms with E-state index in [1.165, 1.54) is 6.07 Å². The Labute approximate surface area is 129 Å². The Morgan fingerprint density at radius 2 is 2.24 bits per heavy atom. The fourth-order valence-corrected chi connectivity index (χ4v) is 5.37. The summed E-state index contributed by atoms with van der Waals surface area (Å²) in [7, 11) is -3.25. The Hall–Kier alpha value is -0.790. The standard InChI is InChI=1S/C14H21FN2O2S2/c1-3-21(18,19)14-9-20-7-6-17(14)13-5-4-11(10(2)16)8-12(13)15/h4-5,8,10,14H,3,6-7,9,16H2,1-2H3/t10-,14?/m1/s1. The predicted molar refractivity (Wildman–Crippen MR) is 86.9 cm³/mol. The van der Waals surface area contributed by atoms with E-state index in [4.69, 9.17) is 5.73 Å². The highest BCUT2D eigenvalue weighted by molar-refractivity contribution is 8.01. The molecule has 0 saturated carbocycles. The summed E-state index contributed by atoms with van der Waals surface area (Å²) in [6, 6.07) is 4.56. The number of hydrogen-bond acceptors (Lipinski definition) is 5. The van der Waals surface area contributed by atoms with Crippen molar-refractivity contribution in [2.45, 2.75) is 25.3 Å². The van der Waals surface area contributed by atoms with E-state index in [9.17, 15) is 12.8 Å². The molecule has 4 nitrogen and oxygen atoms in total. The molecule has 21 heavy (non-hydrogen) atoms. The van der Waals surface area contributed by atoms with Crippen LogP contribution in [-0.2, 0) is 9.84 Å². The van der Waals surface area contributed by atoms with Gasteiger partial charge in [0.2, 0.25) is 0 Å². The summed E-state index contributed by atoms with van der Waals surface area (Å²) in [6.45, 7) is 3.95. The van der Waals surface area contributed by atoms with Crippen molar-refractivity contribution in [2.24, 2.45) is 5.73 Å². The van der Waals surface area contributed by atoms with Crippen LogP contribution in [0.2, 0.25) is 0 Å². The van der Waals surface area contributed by atoms with Crippen LogP contribution in [0, 0.1) is 5.82 Å². The third-order valence-corrected chi connectivity index (χ3v) is 7.00. The van der Waals surface area contributed by atoms with Gasteiger partial charge in [-0.2, -0.15) is 11.8 Å². The summed E-state index contributed by atoms with van der Waals surface area (Å²) in [5.74, 6) is 0.927. The second-order valence-corrected chi connectivity index (χ2v) is 8.77. The van der Waals surface area contributed by atoms with E-state index in [1.54, 1.807) is 42.6 Å². The van der Waals surface area contributed by atoms with Gasteiger partial charge in [0.15, 0.2) is 9.84 Å². The lowest BCUT2D eigenvalue weighted by molar-refractivity contribution is 0.573. The van der Waals surface area contributed by atoms with Gasteiger partial charge in [-0.1, -0.05) is 13.0 Å².